The first-order chi connectivity index (χ1) is 9.06. The van der Waals surface area contributed by atoms with Crippen LogP contribution in [0, 0.1) is 0 Å². The van der Waals surface area contributed by atoms with Crippen molar-refractivity contribution >= 4 is 17.5 Å². The average molecular weight is 257 g/mol. The fourth-order valence-electron chi connectivity index (χ4n) is 1.68. The Morgan fingerprint density at radius 3 is 2.58 bits per heavy atom. The molecule has 0 saturated carbocycles. The minimum absolute atomic E-state index is 0.0741. The van der Waals surface area contributed by atoms with Gasteiger partial charge >= 0.3 is 0 Å². The van der Waals surface area contributed by atoms with E-state index in [9.17, 15) is 4.79 Å². The quantitative estimate of drug-likeness (QED) is 0.837. The Morgan fingerprint density at radius 2 is 1.95 bits per heavy atom. The molecule has 2 rings (SSSR count). The van der Waals surface area contributed by atoms with Gasteiger partial charge in [0.1, 0.15) is 11.6 Å². The number of hydrogen-bond donors (Lipinski definition) is 2. The number of anilines is 2. The van der Waals surface area contributed by atoms with Crippen LogP contribution >= 0.6 is 0 Å². The van der Waals surface area contributed by atoms with Crippen molar-refractivity contribution in [3.05, 3.63) is 36.4 Å². The summed E-state index contributed by atoms with van der Waals surface area (Å²) in [5.41, 5.74) is 11.8. The van der Waals surface area contributed by atoms with E-state index in [1.807, 2.05) is 30.3 Å². The summed E-state index contributed by atoms with van der Waals surface area (Å²) < 4.78 is 0. The van der Waals surface area contributed by atoms with Gasteiger partial charge in [0, 0.05) is 18.7 Å². The molecule has 0 spiro atoms. The van der Waals surface area contributed by atoms with Gasteiger partial charge in [-0.2, -0.15) is 0 Å². The van der Waals surface area contributed by atoms with Crippen LogP contribution in [0.3, 0.4) is 0 Å². The summed E-state index contributed by atoms with van der Waals surface area (Å²) in [5, 5.41) is 0. The fourth-order valence-corrected chi connectivity index (χ4v) is 1.68. The van der Waals surface area contributed by atoms with Crippen LogP contribution in [0.25, 0.3) is 11.4 Å². The summed E-state index contributed by atoms with van der Waals surface area (Å²) in [4.78, 5) is 21.1. The maximum absolute atomic E-state index is 10.9. The molecule has 6 nitrogen and oxygen atoms in total. The predicted molar refractivity (Wildman–Crippen MR) is 74.3 cm³/mol. The molecule has 0 radical (unpaired) electrons. The predicted octanol–water partition coefficient (Wildman–Crippen LogP) is 0.647. The molecule has 0 unspecified atom stereocenters. The highest BCUT2D eigenvalue weighted by Gasteiger charge is 2.10. The Balaban J connectivity index is 2.37. The second-order valence-electron chi connectivity index (χ2n) is 4.16. The summed E-state index contributed by atoms with van der Waals surface area (Å²) in [6.45, 7) is 0.0741. The lowest BCUT2D eigenvalue weighted by Gasteiger charge is -2.17. The van der Waals surface area contributed by atoms with Crippen molar-refractivity contribution in [2.75, 3.05) is 24.2 Å². The van der Waals surface area contributed by atoms with E-state index in [0.717, 1.165) is 5.56 Å². The molecule has 0 atom stereocenters. The van der Waals surface area contributed by atoms with Gasteiger partial charge < -0.3 is 16.4 Å². The highest BCUT2D eigenvalue weighted by molar-refractivity contribution is 5.79. The third-order valence-electron chi connectivity index (χ3n) is 2.55. The van der Waals surface area contributed by atoms with Crippen molar-refractivity contribution in [1.82, 2.24) is 9.97 Å². The molecule has 0 bridgehead atoms. The van der Waals surface area contributed by atoms with Gasteiger partial charge in [0.25, 0.3) is 0 Å². The lowest BCUT2D eigenvalue weighted by Crippen LogP contribution is -2.31. The lowest BCUT2D eigenvalue weighted by atomic mass is 10.2. The van der Waals surface area contributed by atoms with Crippen molar-refractivity contribution in [3.63, 3.8) is 0 Å². The van der Waals surface area contributed by atoms with Crippen LogP contribution in [-0.4, -0.2) is 29.5 Å². The van der Waals surface area contributed by atoms with Gasteiger partial charge in [-0.1, -0.05) is 30.3 Å². The van der Waals surface area contributed by atoms with E-state index < -0.39 is 5.91 Å². The van der Waals surface area contributed by atoms with Gasteiger partial charge in [-0.05, 0) is 0 Å². The molecule has 0 aliphatic heterocycles. The summed E-state index contributed by atoms with van der Waals surface area (Å²) >= 11 is 0. The summed E-state index contributed by atoms with van der Waals surface area (Å²) in [6, 6.07) is 11.1. The monoisotopic (exact) mass is 257 g/mol. The lowest BCUT2D eigenvalue weighted by molar-refractivity contribution is -0.116. The number of benzene rings is 1. The zero-order valence-corrected chi connectivity index (χ0v) is 10.6. The third-order valence-corrected chi connectivity index (χ3v) is 2.55. The largest absolute Gasteiger partial charge is 0.384 e. The number of hydrogen-bond acceptors (Lipinski definition) is 5. The summed E-state index contributed by atoms with van der Waals surface area (Å²) in [7, 11) is 1.72. The van der Waals surface area contributed by atoms with Crippen LogP contribution in [0.4, 0.5) is 11.6 Å². The van der Waals surface area contributed by atoms with Crippen LogP contribution < -0.4 is 16.4 Å². The number of carbonyl (C=O) groups is 1. The van der Waals surface area contributed by atoms with Crippen molar-refractivity contribution in [1.29, 1.82) is 0 Å². The van der Waals surface area contributed by atoms with Crippen molar-refractivity contribution in [3.8, 4) is 11.4 Å². The Labute approximate surface area is 111 Å². The average Bonchev–Trinajstić information content (AvgIpc) is 2.38. The molecule has 0 aliphatic carbocycles. The third kappa shape index (κ3) is 3.19. The number of carbonyl (C=O) groups excluding carboxylic acids is 1. The molecule has 98 valence electrons. The van der Waals surface area contributed by atoms with E-state index >= 15 is 0 Å². The van der Waals surface area contributed by atoms with E-state index in [4.69, 9.17) is 11.5 Å². The van der Waals surface area contributed by atoms with E-state index in [2.05, 4.69) is 9.97 Å². The van der Waals surface area contributed by atoms with E-state index in [-0.39, 0.29) is 6.54 Å². The molecule has 1 aromatic heterocycles. The first kappa shape index (κ1) is 12.8. The van der Waals surface area contributed by atoms with Crippen LogP contribution in [0.15, 0.2) is 36.4 Å². The van der Waals surface area contributed by atoms with Gasteiger partial charge in [-0.25, -0.2) is 9.97 Å². The molecule has 0 fully saturated rings. The summed E-state index contributed by atoms with van der Waals surface area (Å²) in [5.74, 6) is 0.998. The second kappa shape index (κ2) is 5.34. The molecule has 1 aromatic carbocycles. The molecule has 19 heavy (non-hydrogen) atoms. The van der Waals surface area contributed by atoms with Crippen molar-refractivity contribution in [2.24, 2.45) is 5.73 Å². The van der Waals surface area contributed by atoms with E-state index in [0.29, 0.717) is 17.5 Å². The number of nitrogens with zero attached hydrogens (tertiary/aromatic N) is 3. The topological polar surface area (TPSA) is 98.1 Å². The van der Waals surface area contributed by atoms with E-state index in [1.54, 1.807) is 18.0 Å². The Kier molecular flexibility index (Phi) is 3.61. The molecule has 4 N–H and O–H groups in total. The summed E-state index contributed by atoms with van der Waals surface area (Å²) in [6.07, 6.45) is 0. The maximum Gasteiger partial charge on any atom is 0.236 e. The Bertz CT molecular complexity index is 585. The standard InChI is InChI=1S/C13H15N5O/c1-18(8-11(15)19)12-7-10(14)16-13(17-12)9-5-3-2-4-6-9/h2-7H,8H2,1H3,(H2,15,19)(H2,14,16,17). The number of nitrogens with two attached hydrogens (primary N) is 2. The number of rotatable bonds is 4. The van der Waals surface area contributed by atoms with Crippen molar-refractivity contribution in [2.45, 2.75) is 0 Å². The molecular weight excluding hydrogens is 242 g/mol. The highest BCUT2D eigenvalue weighted by atomic mass is 16.1. The first-order valence-electron chi connectivity index (χ1n) is 5.75. The highest BCUT2D eigenvalue weighted by Crippen LogP contribution is 2.20. The molecule has 0 aliphatic rings. The van der Waals surface area contributed by atoms with Crippen LogP contribution in [-0.2, 0) is 4.79 Å². The zero-order chi connectivity index (χ0) is 13.8. The van der Waals surface area contributed by atoms with Crippen molar-refractivity contribution < 1.29 is 4.79 Å². The maximum atomic E-state index is 10.9. The zero-order valence-electron chi connectivity index (χ0n) is 10.6. The van der Waals surface area contributed by atoms with Crippen LogP contribution in [0.1, 0.15) is 0 Å². The number of primary amides is 1. The Morgan fingerprint density at radius 1 is 1.26 bits per heavy atom. The van der Waals surface area contributed by atoms with Gasteiger partial charge in [-0.15, -0.1) is 0 Å². The number of likely N-dealkylation sites (N-methyl/N-ethyl adjacent to an activating group) is 1. The molecule has 2 aromatic rings. The molecular formula is C13H15N5O. The van der Waals surface area contributed by atoms with Crippen LogP contribution in [0.2, 0.25) is 0 Å². The normalized spacial score (nSPS) is 10.2. The molecule has 6 heteroatoms. The van der Waals surface area contributed by atoms with Gasteiger partial charge in [0.15, 0.2) is 5.82 Å². The fraction of sp³-hybridized carbons (Fsp3) is 0.154. The van der Waals surface area contributed by atoms with Gasteiger partial charge in [0.2, 0.25) is 5.91 Å². The van der Waals surface area contributed by atoms with Gasteiger partial charge in [0.05, 0.1) is 6.54 Å². The number of aromatic nitrogens is 2. The van der Waals surface area contributed by atoms with E-state index in [1.165, 1.54) is 0 Å². The van der Waals surface area contributed by atoms with Crippen LogP contribution in [0.5, 0.6) is 0 Å². The number of nitrogen functional groups attached to an aromatic ring is 1. The minimum Gasteiger partial charge on any atom is -0.384 e. The minimum atomic E-state index is -0.430. The second-order valence-corrected chi connectivity index (χ2v) is 4.16. The van der Waals surface area contributed by atoms with Gasteiger partial charge in [-0.3, -0.25) is 4.79 Å². The Hall–Kier alpha value is -2.63. The molecule has 1 heterocycles. The SMILES string of the molecule is CN(CC(N)=O)c1cc(N)nc(-c2ccccc2)n1. The molecule has 0 saturated heterocycles. The smallest absolute Gasteiger partial charge is 0.236 e. The first-order valence-corrected chi connectivity index (χ1v) is 5.75. The number of amides is 1. The molecule has 1 amide bonds.